The van der Waals surface area contributed by atoms with E-state index in [0.29, 0.717) is 6.42 Å². The van der Waals surface area contributed by atoms with E-state index >= 15 is 0 Å². The normalized spacial score (nSPS) is 10.1. The van der Waals surface area contributed by atoms with Crippen LogP contribution in [-0.4, -0.2) is 20.5 Å². The molecule has 0 aliphatic rings. The van der Waals surface area contributed by atoms with Crippen molar-refractivity contribution in [3.05, 3.63) is 34.7 Å². The van der Waals surface area contributed by atoms with Gasteiger partial charge in [-0.25, -0.2) is 4.98 Å². The highest BCUT2D eigenvalue weighted by Gasteiger charge is 2.05. The van der Waals surface area contributed by atoms with Crippen molar-refractivity contribution in [2.45, 2.75) is 12.8 Å². The van der Waals surface area contributed by atoms with Gasteiger partial charge in [0.05, 0.1) is 6.42 Å². The first kappa shape index (κ1) is 13.0. The molecule has 0 bridgehead atoms. The Hall–Kier alpha value is -1.07. The summed E-state index contributed by atoms with van der Waals surface area (Å²) < 4.78 is 2.86. The topological polar surface area (TPSA) is 54.6 Å². The minimum absolute atomic E-state index is 0. The smallest absolute Gasteiger partial charge is 0.303 e. The molecule has 86 valence electrons. The van der Waals surface area contributed by atoms with Crippen molar-refractivity contribution < 1.29 is 9.90 Å². The first-order valence-corrected chi connectivity index (χ1v) is 5.29. The van der Waals surface area contributed by atoms with E-state index in [-0.39, 0.29) is 18.8 Å². The van der Waals surface area contributed by atoms with Crippen molar-refractivity contribution >= 4 is 40.0 Å². The molecule has 0 unspecified atom stereocenters. The highest BCUT2D eigenvalue weighted by molar-refractivity contribution is 9.10. The molecule has 0 saturated carbocycles. The Morgan fingerprint density at radius 2 is 2.31 bits per heavy atom. The van der Waals surface area contributed by atoms with Gasteiger partial charge in [-0.05, 0) is 12.1 Å². The van der Waals surface area contributed by atoms with Crippen LogP contribution in [0.15, 0.2) is 29.0 Å². The third-order valence-electron chi connectivity index (χ3n) is 2.15. The van der Waals surface area contributed by atoms with Gasteiger partial charge in [0.15, 0.2) is 0 Å². The van der Waals surface area contributed by atoms with Gasteiger partial charge < -0.3 is 9.51 Å². The number of halogens is 2. The highest BCUT2D eigenvalue weighted by atomic mass is 79.9. The van der Waals surface area contributed by atoms with E-state index in [2.05, 4.69) is 20.9 Å². The third-order valence-corrected chi connectivity index (χ3v) is 2.64. The predicted octanol–water partition coefficient (Wildman–Crippen LogP) is 2.54. The van der Waals surface area contributed by atoms with E-state index in [0.717, 1.165) is 15.8 Å². The molecule has 2 aromatic heterocycles. The van der Waals surface area contributed by atoms with Crippen LogP contribution in [0, 0.1) is 0 Å². The summed E-state index contributed by atoms with van der Waals surface area (Å²) in [5.74, 6) is -0.790. The summed E-state index contributed by atoms with van der Waals surface area (Å²) in [7, 11) is 0. The van der Waals surface area contributed by atoms with Gasteiger partial charge in [0.25, 0.3) is 0 Å². The summed E-state index contributed by atoms with van der Waals surface area (Å²) in [4.78, 5) is 14.6. The number of hydrogen-bond donors (Lipinski definition) is 1. The van der Waals surface area contributed by atoms with Crippen molar-refractivity contribution in [3.8, 4) is 0 Å². The van der Waals surface area contributed by atoms with Crippen molar-refractivity contribution in [3.63, 3.8) is 0 Å². The zero-order valence-electron chi connectivity index (χ0n) is 8.26. The molecule has 6 heteroatoms. The van der Waals surface area contributed by atoms with Crippen LogP contribution < -0.4 is 0 Å². The molecule has 4 nitrogen and oxygen atoms in total. The minimum Gasteiger partial charge on any atom is -0.481 e. The van der Waals surface area contributed by atoms with E-state index in [1.807, 2.05) is 22.7 Å². The van der Waals surface area contributed by atoms with Crippen LogP contribution >= 0.6 is 28.3 Å². The summed E-state index contributed by atoms with van der Waals surface area (Å²) >= 11 is 3.36. The highest BCUT2D eigenvalue weighted by Crippen LogP contribution is 2.14. The molecular formula is C10H10BrClN2O2. The monoisotopic (exact) mass is 304 g/mol. The maximum Gasteiger partial charge on any atom is 0.303 e. The van der Waals surface area contributed by atoms with Crippen LogP contribution in [0.2, 0.25) is 0 Å². The maximum atomic E-state index is 10.4. The Labute approximate surface area is 107 Å². The lowest BCUT2D eigenvalue weighted by atomic mass is 10.2. The Morgan fingerprint density at radius 1 is 1.56 bits per heavy atom. The fraction of sp³-hybridized carbons (Fsp3) is 0.200. The van der Waals surface area contributed by atoms with Gasteiger partial charge in [-0.3, -0.25) is 4.79 Å². The van der Waals surface area contributed by atoms with E-state index in [1.54, 1.807) is 6.20 Å². The van der Waals surface area contributed by atoms with Crippen molar-refractivity contribution in [2.75, 3.05) is 0 Å². The van der Waals surface area contributed by atoms with Crippen LogP contribution in [0.4, 0.5) is 0 Å². The summed E-state index contributed by atoms with van der Waals surface area (Å²) in [6, 6.07) is 3.79. The van der Waals surface area contributed by atoms with Crippen LogP contribution in [-0.2, 0) is 11.2 Å². The molecule has 0 amide bonds. The third kappa shape index (κ3) is 2.74. The molecule has 0 saturated heterocycles. The predicted molar refractivity (Wildman–Crippen MR) is 66.1 cm³/mol. The van der Waals surface area contributed by atoms with Gasteiger partial charge in [-0.2, -0.15) is 0 Å². The molecule has 0 aliphatic carbocycles. The number of carboxylic acids is 1. The average molecular weight is 306 g/mol. The molecule has 0 aromatic carbocycles. The zero-order chi connectivity index (χ0) is 10.8. The van der Waals surface area contributed by atoms with Gasteiger partial charge in [0, 0.05) is 29.0 Å². The molecule has 2 heterocycles. The molecular weight excluding hydrogens is 295 g/mol. The first-order valence-electron chi connectivity index (χ1n) is 4.50. The quantitative estimate of drug-likeness (QED) is 0.948. The largest absolute Gasteiger partial charge is 0.481 e. The number of imidazole rings is 1. The van der Waals surface area contributed by atoms with Crippen LogP contribution in [0.1, 0.15) is 12.1 Å². The van der Waals surface area contributed by atoms with Crippen LogP contribution in [0.5, 0.6) is 0 Å². The SMILES string of the molecule is Cl.O=C(O)CCc1cnc2cc(Br)ccn12. The van der Waals surface area contributed by atoms with Gasteiger partial charge in [0.2, 0.25) is 0 Å². The number of aryl methyl sites for hydroxylation is 1. The number of hydrogen-bond acceptors (Lipinski definition) is 2. The molecule has 16 heavy (non-hydrogen) atoms. The number of pyridine rings is 1. The lowest BCUT2D eigenvalue weighted by molar-refractivity contribution is -0.136. The molecule has 2 rings (SSSR count). The second-order valence-electron chi connectivity index (χ2n) is 3.22. The van der Waals surface area contributed by atoms with Gasteiger partial charge in [-0.15, -0.1) is 12.4 Å². The van der Waals surface area contributed by atoms with E-state index in [9.17, 15) is 4.79 Å². The first-order chi connectivity index (χ1) is 7.16. The molecule has 2 aromatic rings. The average Bonchev–Trinajstić information content (AvgIpc) is 2.57. The molecule has 0 spiro atoms. The molecule has 0 radical (unpaired) electrons. The standard InChI is InChI=1S/C10H9BrN2O2.ClH/c11-7-3-4-13-8(1-2-10(14)15)6-12-9(13)5-7;/h3-6H,1-2H2,(H,14,15);1H. The van der Waals surface area contributed by atoms with Crippen LogP contribution in [0.3, 0.4) is 0 Å². The van der Waals surface area contributed by atoms with Crippen molar-refractivity contribution in [1.29, 1.82) is 0 Å². The number of rotatable bonds is 3. The fourth-order valence-corrected chi connectivity index (χ4v) is 1.75. The van der Waals surface area contributed by atoms with Crippen molar-refractivity contribution in [1.82, 2.24) is 9.38 Å². The number of carboxylic acid groups (broad SMARTS) is 1. The molecule has 0 atom stereocenters. The number of fused-ring (bicyclic) bond motifs is 1. The van der Waals surface area contributed by atoms with Gasteiger partial charge in [-0.1, -0.05) is 15.9 Å². The zero-order valence-corrected chi connectivity index (χ0v) is 10.7. The van der Waals surface area contributed by atoms with Gasteiger partial charge >= 0.3 is 5.97 Å². The summed E-state index contributed by atoms with van der Waals surface area (Å²) in [5, 5.41) is 8.59. The number of nitrogens with zero attached hydrogens (tertiary/aromatic N) is 2. The molecule has 0 aliphatic heterocycles. The summed E-state index contributed by atoms with van der Waals surface area (Å²) in [6.07, 6.45) is 4.22. The molecule has 0 fully saturated rings. The lowest BCUT2D eigenvalue weighted by Gasteiger charge is -1.99. The van der Waals surface area contributed by atoms with Gasteiger partial charge in [0.1, 0.15) is 5.65 Å². The Balaban J connectivity index is 0.00000128. The van der Waals surface area contributed by atoms with E-state index < -0.39 is 5.97 Å². The van der Waals surface area contributed by atoms with Crippen LogP contribution in [0.25, 0.3) is 5.65 Å². The Kier molecular flexibility index (Phi) is 4.32. The Bertz CT molecular complexity index is 512. The van der Waals surface area contributed by atoms with Crippen molar-refractivity contribution in [2.24, 2.45) is 0 Å². The summed E-state index contributed by atoms with van der Waals surface area (Å²) in [6.45, 7) is 0. The van der Waals surface area contributed by atoms with E-state index in [4.69, 9.17) is 5.11 Å². The molecule has 1 N–H and O–H groups in total. The second kappa shape index (κ2) is 5.32. The summed E-state index contributed by atoms with van der Waals surface area (Å²) in [5.41, 5.74) is 1.74. The Morgan fingerprint density at radius 3 is 3.00 bits per heavy atom. The number of carbonyl (C=O) groups is 1. The second-order valence-corrected chi connectivity index (χ2v) is 4.13. The maximum absolute atomic E-state index is 10.4. The minimum atomic E-state index is -0.790. The van der Waals surface area contributed by atoms with E-state index in [1.165, 1.54) is 0 Å². The number of aromatic nitrogens is 2. The fourth-order valence-electron chi connectivity index (χ4n) is 1.43. The number of aliphatic carboxylic acids is 1. The lowest BCUT2D eigenvalue weighted by Crippen LogP contribution is -1.99.